The Bertz CT molecular complexity index is 181. The summed E-state index contributed by atoms with van der Waals surface area (Å²) in [6.07, 6.45) is 1.39. The maximum atomic E-state index is 10.9. The van der Waals surface area contributed by atoms with Gasteiger partial charge in [0.05, 0.1) is 0 Å². The lowest BCUT2D eigenvalue weighted by Gasteiger charge is -2.04. The second-order valence-electron chi connectivity index (χ2n) is 2.49. The van der Waals surface area contributed by atoms with Gasteiger partial charge < -0.3 is 0 Å². The smallest absolute Gasteiger partial charge is 0.211 e. The molecule has 1 aliphatic heterocycles. The van der Waals surface area contributed by atoms with Gasteiger partial charge in [0.2, 0.25) is 5.12 Å². The fraction of sp³-hybridized carbons (Fsp3) is 0.625. The summed E-state index contributed by atoms with van der Waals surface area (Å²) < 4.78 is 0.703. The van der Waals surface area contributed by atoms with Crippen molar-refractivity contribution in [3.63, 3.8) is 0 Å². The molecule has 1 nitrogen and oxygen atoms in total. The minimum atomic E-state index is 0.0974. The normalized spacial score (nSPS) is 28.8. The zero-order valence-corrected chi connectivity index (χ0v) is 9.44. The van der Waals surface area contributed by atoms with Crippen molar-refractivity contribution in [2.45, 2.75) is 16.8 Å². The van der Waals surface area contributed by atoms with Crippen LogP contribution >= 0.6 is 35.3 Å². The van der Waals surface area contributed by atoms with E-state index in [9.17, 15) is 4.79 Å². The number of rotatable bonds is 3. The molecule has 1 fully saturated rings. The summed E-state index contributed by atoms with van der Waals surface area (Å²) in [5, 5.41) is 0.749. The van der Waals surface area contributed by atoms with Crippen LogP contribution in [0, 0.1) is 0 Å². The van der Waals surface area contributed by atoms with Crippen molar-refractivity contribution in [2.75, 3.05) is 11.5 Å². The van der Waals surface area contributed by atoms with E-state index in [1.165, 1.54) is 23.6 Å². The van der Waals surface area contributed by atoms with E-state index in [2.05, 4.69) is 13.5 Å². The highest BCUT2D eigenvalue weighted by Crippen LogP contribution is 2.38. The van der Waals surface area contributed by atoms with Crippen LogP contribution in [0.2, 0.25) is 0 Å². The molecule has 1 heterocycles. The fourth-order valence-electron chi connectivity index (χ4n) is 0.914. The van der Waals surface area contributed by atoms with Gasteiger partial charge in [-0.3, -0.25) is 4.79 Å². The Hall–Kier alpha value is 0.460. The number of carbonyl (C=O) groups excluding carboxylic acids is 1. The number of carbonyl (C=O) groups is 1. The number of thioether (sulfide) groups is 3. The van der Waals surface area contributed by atoms with Gasteiger partial charge in [0.1, 0.15) is 0 Å². The van der Waals surface area contributed by atoms with Crippen molar-refractivity contribution < 1.29 is 4.79 Å². The van der Waals surface area contributed by atoms with Gasteiger partial charge in [0, 0.05) is 21.3 Å². The van der Waals surface area contributed by atoms with Crippen LogP contribution < -0.4 is 0 Å². The molecular formula is C8H12OS3. The van der Waals surface area contributed by atoms with Crippen LogP contribution in [0.25, 0.3) is 0 Å². The molecule has 1 aliphatic rings. The Kier molecular flexibility index (Phi) is 4.61. The molecule has 0 spiro atoms. The van der Waals surface area contributed by atoms with Crippen LogP contribution in [0.1, 0.15) is 6.92 Å². The molecule has 0 aromatic carbocycles. The SMILES string of the molecule is C=CC(=O)SCC1CSC(C)S1. The van der Waals surface area contributed by atoms with E-state index in [1.54, 1.807) is 0 Å². The molecule has 2 unspecified atom stereocenters. The highest BCUT2D eigenvalue weighted by Gasteiger charge is 2.22. The first-order valence-electron chi connectivity index (χ1n) is 3.78. The molecule has 68 valence electrons. The maximum Gasteiger partial charge on any atom is 0.211 e. The summed E-state index contributed by atoms with van der Waals surface area (Å²) in [5.74, 6) is 2.12. The van der Waals surface area contributed by atoms with Crippen molar-refractivity contribution in [1.82, 2.24) is 0 Å². The Morgan fingerprint density at radius 3 is 3.08 bits per heavy atom. The highest BCUT2D eigenvalue weighted by molar-refractivity contribution is 8.21. The van der Waals surface area contributed by atoms with Crippen LogP contribution in [0.15, 0.2) is 12.7 Å². The minimum absolute atomic E-state index is 0.0974. The summed E-state index contributed by atoms with van der Waals surface area (Å²) >= 11 is 5.34. The summed E-state index contributed by atoms with van der Waals surface area (Å²) in [4.78, 5) is 10.9. The second-order valence-corrected chi connectivity index (χ2v) is 6.84. The minimum Gasteiger partial charge on any atom is -0.282 e. The topological polar surface area (TPSA) is 17.1 Å². The van der Waals surface area contributed by atoms with Gasteiger partial charge in [-0.05, 0) is 13.0 Å². The van der Waals surface area contributed by atoms with Crippen molar-refractivity contribution in [1.29, 1.82) is 0 Å². The van der Waals surface area contributed by atoms with Gasteiger partial charge in [0.15, 0.2) is 0 Å². The van der Waals surface area contributed by atoms with E-state index in [1.807, 2.05) is 23.5 Å². The van der Waals surface area contributed by atoms with E-state index < -0.39 is 0 Å². The molecule has 0 radical (unpaired) electrons. The average Bonchev–Trinajstić information content (AvgIpc) is 2.47. The summed E-state index contributed by atoms with van der Waals surface area (Å²) in [5.41, 5.74) is 0. The molecule has 12 heavy (non-hydrogen) atoms. The number of hydrogen-bond acceptors (Lipinski definition) is 4. The molecule has 1 saturated heterocycles. The van der Waals surface area contributed by atoms with Crippen molar-refractivity contribution >= 4 is 40.4 Å². The molecule has 0 aromatic rings. The first kappa shape index (κ1) is 10.5. The largest absolute Gasteiger partial charge is 0.282 e. The van der Waals surface area contributed by atoms with Crippen LogP contribution in [0.4, 0.5) is 0 Å². The van der Waals surface area contributed by atoms with Crippen LogP contribution in [-0.2, 0) is 4.79 Å². The number of hydrogen-bond donors (Lipinski definition) is 0. The Labute approximate surface area is 86.1 Å². The van der Waals surface area contributed by atoms with Gasteiger partial charge in [0.25, 0.3) is 0 Å². The van der Waals surface area contributed by atoms with Gasteiger partial charge in [-0.2, -0.15) is 0 Å². The van der Waals surface area contributed by atoms with Crippen molar-refractivity contribution in [3.8, 4) is 0 Å². The third-order valence-electron chi connectivity index (χ3n) is 1.48. The highest BCUT2D eigenvalue weighted by atomic mass is 32.2. The Morgan fingerprint density at radius 2 is 2.58 bits per heavy atom. The third kappa shape index (κ3) is 3.46. The molecule has 4 heteroatoms. The first-order chi connectivity index (χ1) is 5.72. The zero-order valence-electron chi connectivity index (χ0n) is 6.99. The monoisotopic (exact) mass is 220 g/mol. The average molecular weight is 220 g/mol. The Morgan fingerprint density at radius 1 is 1.83 bits per heavy atom. The summed E-state index contributed by atoms with van der Waals surface area (Å²) in [7, 11) is 0. The molecule has 2 atom stereocenters. The van der Waals surface area contributed by atoms with E-state index >= 15 is 0 Å². The van der Waals surface area contributed by atoms with Gasteiger partial charge in [-0.25, -0.2) is 0 Å². The molecule has 0 N–H and O–H groups in total. The van der Waals surface area contributed by atoms with E-state index in [0.29, 0.717) is 9.83 Å². The quantitative estimate of drug-likeness (QED) is 0.680. The van der Waals surface area contributed by atoms with Crippen molar-refractivity contribution in [3.05, 3.63) is 12.7 Å². The lowest BCUT2D eigenvalue weighted by atomic mass is 10.5. The second kappa shape index (κ2) is 5.25. The fourth-order valence-corrected chi connectivity index (χ4v) is 4.88. The molecule has 0 aliphatic carbocycles. The predicted octanol–water partition coefficient (Wildman–Crippen LogP) is 2.63. The zero-order chi connectivity index (χ0) is 8.97. The van der Waals surface area contributed by atoms with Crippen LogP contribution in [-0.4, -0.2) is 26.5 Å². The van der Waals surface area contributed by atoms with Gasteiger partial charge in [-0.1, -0.05) is 18.3 Å². The van der Waals surface area contributed by atoms with E-state index in [-0.39, 0.29) is 5.12 Å². The molecule has 0 saturated carbocycles. The Balaban J connectivity index is 2.15. The molecule has 0 aromatic heterocycles. The van der Waals surface area contributed by atoms with Gasteiger partial charge in [-0.15, -0.1) is 23.5 Å². The van der Waals surface area contributed by atoms with Gasteiger partial charge >= 0.3 is 0 Å². The molecule has 0 bridgehead atoms. The van der Waals surface area contributed by atoms with E-state index in [4.69, 9.17) is 0 Å². The lowest BCUT2D eigenvalue weighted by Crippen LogP contribution is -2.06. The lowest BCUT2D eigenvalue weighted by molar-refractivity contribution is -0.107. The summed E-state index contributed by atoms with van der Waals surface area (Å²) in [6, 6.07) is 0. The van der Waals surface area contributed by atoms with Crippen LogP contribution in [0.5, 0.6) is 0 Å². The van der Waals surface area contributed by atoms with Crippen molar-refractivity contribution in [2.24, 2.45) is 0 Å². The molecule has 0 amide bonds. The first-order valence-corrected chi connectivity index (χ1v) is 6.76. The standard InChI is InChI=1S/C8H12OS3/c1-3-8(9)11-5-7-4-10-6(2)12-7/h3,6-7H,1,4-5H2,2H3. The third-order valence-corrected chi connectivity index (χ3v) is 5.83. The van der Waals surface area contributed by atoms with E-state index in [0.717, 1.165) is 5.75 Å². The molecule has 1 rings (SSSR count). The summed E-state index contributed by atoms with van der Waals surface area (Å²) in [6.45, 7) is 5.66. The van der Waals surface area contributed by atoms with Crippen LogP contribution in [0.3, 0.4) is 0 Å². The predicted molar refractivity (Wildman–Crippen MR) is 61.0 cm³/mol. The maximum absolute atomic E-state index is 10.9. The molecular weight excluding hydrogens is 208 g/mol.